The molecule has 192 valence electrons. The van der Waals surface area contributed by atoms with Gasteiger partial charge in [0.25, 0.3) is 0 Å². The average Bonchev–Trinajstić information content (AvgIpc) is 3.58. The molecule has 37 heavy (non-hydrogen) atoms. The van der Waals surface area contributed by atoms with Gasteiger partial charge >= 0.3 is 5.97 Å². The van der Waals surface area contributed by atoms with Crippen LogP contribution in [0.25, 0.3) is 0 Å². The van der Waals surface area contributed by atoms with Crippen LogP contribution in [0, 0.1) is 43.4 Å². The summed E-state index contributed by atoms with van der Waals surface area (Å²) in [5, 5.41) is 0. The van der Waals surface area contributed by atoms with Crippen LogP contribution >= 0.6 is 31.9 Å². The third-order valence-corrected chi connectivity index (χ3v) is 11.6. The molecule has 2 aromatic rings. The first-order chi connectivity index (χ1) is 17.7. The predicted octanol–water partition coefficient (Wildman–Crippen LogP) is 4.54. The van der Waals surface area contributed by atoms with Crippen molar-refractivity contribution in [1.82, 2.24) is 0 Å². The number of halogens is 2. The number of esters is 1. The highest BCUT2D eigenvalue weighted by molar-refractivity contribution is 9.12. The van der Waals surface area contributed by atoms with E-state index < -0.39 is 11.9 Å². The summed E-state index contributed by atoms with van der Waals surface area (Å²) < 4.78 is 5.63. The standard InChI is InChI=1S/C28H26Br2N2O5/c1-13-4-3-5-16(8-13)31-12-15(10-21(31)33)28(36)37-17-6-7-20(14(2)9-17)32-26(34)22-18-11-19(23(22)27(32)35)25(30)24(18)29/h3-9,15,18-19,22-25H,10-12H2,1-2H3/t15-,18-,19-,22-,23+,24-,25+/m1/s1. The maximum Gasteiger partial charge on any atom is 0.316 e. The maximum atomic E-state index is 13.4. The normalized spacial score (nSPS) is 32.4. The van der Waals surface area contributed by atoms with Crippen molar-refractivity contribution in [1.29, 1.82) is 0 Å². The molecule has 0 unspecified atom stereocenters. The monoisotopic (exact) mass is 628 g/mol. The fourth-order valence-corrected chi connectivity index (χ4v) is 8.51. The number of imide groups is 1. The van der Waals surface area contributed by atoms with Crippen LogP contribution in [0.3, 0.4) is 0 Å². The van der Waals surface area contributed by atoms with E-state index in [1.807, 2.05) is 31.2 Å². The Balaban J connectivity index is 1.16. The van der Waals surface area contributed by atoms with Gasteiger partial charge in [0.15, 0.2) is 0 Å². The van der Waals surface area contributed by atoms with Crippen molar-refractivity contribution in [3.05, 3.63) is 53.6 Å². The second kappa shape index (κ2) is 9.05. The van der Waals surface area contributed by atoms with Crippen LogP contribution in [0.15, 0.2) is 42.5 Å². The van der Waals surface area contributed by atoms with Gasteiger partial charge < -0.3 is 9.64 Å². The largest absolute Gasteiger partial charge is 0.426 e. The first kappa shape index (κ1) is 24.8. The Morgan fingerprint density at radius 2 is 1.62 bits per heavy atom. The van der Waals surface area contributed by atoms with E-state index >= 15 is 0 Å². The molecule has 2 aliphatic heterocycles. The van der Waals surface area contributed by atoms with Crippen molar-refractivity contribution < 1.29 is 23.9 Å². The van der Waals surface area contributed by atoms with Gasteiger partial charge in [-0.3, -0.25) is 19.2 Å². The smallest absolute Gasteiger partial charge is 0.316 e. The van der Waals surface area contributed by atoms with Gasteiger partial charge in [0.05, 0.1) is 23.4 Å². The molecule has 9 heteroatoms. The highest BCUT2D eigenvalue weighted by Crippen LogP contribution is 2.60. The number of carbonyl (C=O) groups is 4. The van der Waals surface area contributed by atoms with E-state index in [-0.39, 0.29) is 64.0 Å². The number of alkyl halides is 2. The van der Waals surface area contributed by atoms with E-state index in [1.165, 1.54) is 4.90 Å². The van der Waals surface area contributed by atoms with Gasteiger partial charge in [-0.2, -0.15) is 0 Å². The van der Waals surface area contributed by atoms with E-state index in [9.17, 15) is 19.2 Å². The summed E-state index contributed by atoms with van der Waals surface area (Å²) in [5.74, 6) is -1.38. The van der Waals surface area contributed by atoms with Gasteiger partial charge in [-0.05, 0) is 73.6 Å². The van der Waals surface area contributed by atoms with Crippen LogP contribution in [-0.2, 0) is 19.2 Å². The Morgan fingerprint density at radius 1 is 0.946 bits per heavy atom. The average molecular weight is 630 g/mol. The number of ether oxygens (including phenoxy) is 1. The molecule has 2 aromatic carbocycles. The molecule has 0 aromatic heterocycles. The SMILES string of the molecule is Cc1cccc(N2C[C@H](C(=O)Oc3ccc(N4C(=O)[C@@H]5[C@H]6C[C@@H]([C@H](Br)[C@@H]6Br)[C@@H]5C4=O)c(C)c3)CC2=O)c1. The quantitative estimate of drug-likeness (QED) is 0.215. The number of anilines is 2. The third kappa shape index (κ3) is 3.88. The second-order valence-corrected chi connectivity index (χ2v) is 12.7. The molecule has 0 N–H and O–H groups in total. The first-order valence-electron chi connectivity index (χ1n) is 12.5. The van der Waals surface area contributed by atoms with Crippen LogP contribution in [0.4, 0.5) is 11.4 Å². The number of aryl methyl sites for hydroxylation is 2. The predicted molar refractivity (Wildman–Crippen MR) is 145 cm³/mol. The van der Waals surface area contributed by atoms with Gasteiger partial charge in [0.1, 0.15) is 5.75 Å². The van der Waals surface area contributed by atoms with E-state index in [1.54, 1.807) is 30.0 Å². The van der Waals surface area contributed by atoms with Crippen LogP contribution in [0.2, 0.25) is 0 Å². The third-order valence-electron chi connectivity index (χ3n) is 8.39. The lowest BCUT2D eigenvalue weighted by molar-refractivity contribution is -0.139. The van der Waals surface area contributed by atoms with Crippen molar-refractivity contribution in [3.8, 4) is 5.75 Å². The Kier molecular flexibility index (Phi) is 6.06. The molecule has 0 spiro atoms. The highest BCUT2D eigenvalue weighted by Gasteiger charge is 2.66. The summed E-state index contributed by atoms with van der Waals surface area (Å²) in [6.07, 6.45) is 0.972. The molecule has 4 aliphatic rings. The van der Waals surface area contributed by atoms with Gasteiger partial charge in [-0.25, -0.2) is 4.90 Å². The molecular formula is C28H26Br2N2O5. The fraction of sp³-hybridized carbons (Fsp3) is 0.429. The minimum Gasteiger partial charge on any atom is -0.426 e. The molecule has 3 amide bonds. The zero-order chi connectivity index (χ0) is 26.2. The Hall–Kier alpha value is -2.52. The lowest BCUT2D eigenvalue weighted by atomic mass is 9.81. The number of carbonyl (C=O) groups excluding carboxylic acids is 4. The molecule has 7 atom stereocenters. The Bertz CT molecular complexity index is 1310. The summed E-state index contributed by atoms with van der Waals surface area (Å²) >= 11 is 7.44. The summed E-state index contributed by atoms with van der Waals surface area (Å²) in [4.78, 5) is 55.5. The molecule has 6 rings (SSSR count). The number of fused-ring (bicyclic) bond motifs is 5. The first-order valence-corrected chi connectivity index (χ1v) is 14.3. The number of amides is 3. The zero-order valence-electron chi connectivity index (χ0n) is 20.4. The lowest BCUT2D eigenvalue weighted by Gasteiger charge is -2.28. The molecule has 2 aliphatic carbocycles. The zero-order valence-corrected chi connectivity index (χ0v) is 23.6. The summed E-state index contributed by atoms with van der Waals surface area (Å²) in [7, 11) is 0. The molecule has 7 nitrogen and oxygen atoms in total. The summed E-state index contributed by atoms with van der Waals surface area (Å²) in [6.45, 7) is 4.02. The second-order valence-electron chi connectivity index (χ2n) is 10.6. The molecule has 2 bridgehead atoms. The van der Waals surface area contributed by atoms with E-state index in [4.69, 9.17) is 4.74 Å². The van der Waals surface area contributed by atoms with Gasteiger partial charge in [0, 0.05) is 28.3 Å². The number of hydrogen-bond donors (Lipinski definition) is 0. The lowest BCUT2D eigenvalue weighted by Crippen LogP contribution is -2.37. The van der Waals surface area contributed by atoms with E-state index in [2.05, 4.69) is 31.9 Å². The number of rotatable bonds is 4. The van der Waals surface area contributed by atoms with Crippen molar-refractivity contribution in [2.45, 2.75) is 36.3 Å². The summed E-state index contributed by atoms with van der Waals surface area (Å²) in [5.41, 5.74) is 3.02. The fourth-order valence-electron chi connectivity index (χ4n) is 6.64. The van der Waals surface area contributed by atoms with Crippen LogP contribution < -0.4 is 14.5 Å². The minimum atomic E-state index is -0.570. The van der Waals surface area contributed by atoms with Crippen LogP contribution in [0.5, 0.6) is 5.75 Å². The molecular weight excluding hydrogens is 604 g/mol. The number of hydrogen-bond acceptors (Lipinski definition) is 5. The van der Waals surface area contributed by atoms with Crippen molar-refractivity contribution in [3.63, 3.8) is 0 Å². The number of benzene rings is 2. The van der Waals surface area contributed by atoms with Crippen molar-refractivity contribution >= 4 is 66.9 Å². The van der Waals surface area contributed by atoms with Crippen LogP contribution in [0.1, 0.15) is 24.0 Å². The summed E-state index contributed by atoms with van der Waals surface area (Å²) in [6, 6.07) is 12.6. The van der Waals surface area contributed by atoms with Gasteiger partial charge in [0.2, 0.25) is 17.7 Å². The molecule has 0 radical (unpaired) electrons. The van der Waals surface area contributed by atoms with Crippen molar-refractivity contribution in [2.75, 3.05) is 16.3 Å². The molecule has 2 saturated carbocycles. The topological polar surface area (TPSA) is 84.0 Å². The van der Waals surface area contributed by atoms with Crippen molar-refractivity contribution in [2.24, 2.45) is 29.6 Å². The molecule has 2 heterocycles. The minimum absolute atomic E-state index is 0.0921. The molecule has 2 saturated heterocycles. The Labute approximate surface area is 231 Å². The highest BCUT2D eigenvalue weighted by atomic mass is 79.9. The van der Waals surface area contributed by atoms with Gasteiger partial charge in [-0.1, -0.05) is 44.0 Å². The van der Waals surface area contributed by atoms with E-state index in [0.29, 0.717) is 17.0 Å². The van der Waals surface area contributed by atoms with Gasteiger partial charge in [-0.15, -0.1) is 0 Å². The molecule has 4 fully saturated rings. The number of nitrogens with zero attached hydrogens (tertiary/aromatic N) is 2. The Morgan fingerprint density at radius 3 is 2.24 bits per heavy atom. The van der Waals surface area contributed by atoms with E-state index in [0.717, 1.165) is 17.7 Å². The van der Waals surface area contributed by atoms with Crippen LogP contribution in [-0.4, -0.2) is 39.9 Å². The maximum absolute atomic E-state index is 13.4.